The summed E-state index contributed by atoms with van der Waals surface area (Å²) in [6.45, 7) is 4.78. The topological polar surface area (TPSA) is 106 Å². The van der Waals surface area contributed by atoms with E-state index >= 15 is 0 Å². The van der Waals surface area contributed by atoms with Crippen molar-refractivity contribution in [2.24, 2.45) is 0 Å². The van der Waals surface area contributed by atoms with Crippen LogP contribution in [0.4, 0.5) is 17.3 Å². The van der Waals surface area contributed by atoms with Crippen molar-refractivity contribution in [3.05, 3.63) is 46.0 Å². The lowest BCUT2D eigenvalue weighted by Crippen LogP contribution is -2.08. The molecule has 0 radical (unpaired) electrons. The van der Waals surface area contributed by atoms with Crippen molar-refractivity contribution >= 4 is 17.3 Å². The Morgan fingerprint density at radius 2 is 2.05 bits per heavy atom. The number of aryl methyl sites for hydroxylation is 1. The van der Waals surface area contributed by atoms with Crippen molar-refractivity contribution < 1.29 is 4.92 Å². The fraction of sp³-hybridized carbons (Fsp3) is 0.308. The number of nitrogens with one attached hydrogen (secondary N) is 2. The first-order chi connectivity index (χ1) is 10.1. The highest BCUT2D eigenvalue weighted by atomic mass is 16.6. The summed E-state index contributed by atoms with van der Waals surface area (Å²) in [7, 11) is 0. The third-order valence-electron chi connectivity index (χ3n) is 2.70. The largest absolute Gasteiger partial charge is 0.370 e. The minimum Gasteiger partial charge on any atom is -0.370 e. The summed E-state index contributed by atoms with van der Waals surface area (Å²) in [5.41, 5.74) is 1.43. The molecule has 0 fully saturated rings. The van der Waals surface area contributed by atoms with Crippen molar-refractivity contribution in [3.63, 3.8) is 0 Å². The molecule has 0 aliphatic rings. The summed E-state index contributed by atoms with van der Waals surface area (Å²) >= 11 is 0. The van der Waals surface area contributed by atoms with Gasteiger partial charge >= 0.3 is 5.69 Å². The van der Waals surface area contributed by atoms with E-state index in [4.69, 9.17) is 0 Å². The van der Waals surface area contributed by atoms with Crippen LogP contribution in [0.15, 0.2) is 24.5 Å². The number of hydrogen-bond donors (Lipinski definition) is 2. The Hall–Kier alpha value is -2.77. The molecule has 0 amide bonds. The summed E-state index contributed by atoms with van der Waals surface area (Å²) in [6, 6.07) is 3.01. The fourth-order valence-corrected chi connectivity index (χ4v) is 1.69. The van der Waals surface area contributed by atoms with Gasteiger partial charge in [0, 0.05) is 18.8 Å². The summed E-state index contributed by atoms with van der Waals surface area (Å²) in [5, 5.41) is 17.0. The van der Waals surface area contributed by atoms with Crippen LogP contribution in [0, 0.1) is 17.0 Å². The third kappa shape index (κ3) is 3.85. The van der Waals surface area contributed by atoms with Crippen LogP contribution in [0.25, 0.3) is 0 Å². The zero-order valence-electron chi connectivity index (χ0n) is 11.8. The molecule has 8 heteroatoms. The van der Waals surface area contributed by atoms with E-state index in [-0.39, 0.29) is 11.5 Å². The van der Waals surface area contributed by atoms with Gasteiger partial charge in [-0.1, -0.05) is 0 Å². The molecule has 0 unspecified atom stereocenters. The van der Waals surface area contributed by atoms with Gasteiger partial charge in [-0.2, -0.15) is 0 Å². The molecule has 110 valence electrons. The van der Waals surface area contributed by atoms with E-state index in [1.54, 1.807) is 18.5 Å². The van der Waals surface area contributed by atoms with Crippen molar-refractivity contribution in [3.8, 4) is 0 Å². The Morgan fingerprint density at radius 1 is 1.24 bits per heavy atom. The highest BCUT2D eigenvalue weighted by Gasteiger charge is 2.15. The van der Waals surface area contributed by atoms with E-state index < -0.39 is 4.92 Å². The second kappa shape index (κ2) is 6.60. The van der Waals surface area contributed by atoms with Crippen LogP contribution in [-0.2, 0) is 6.54 Å². The zero-order valence-corrected chi connectivity index (χ0v) is 11.8. The van der Waals surface area contributed by atoms with Crippen molar-refractivity contribution in [2.75, 3.05) is 17.2 Å². The molecule has 0 bridgehead atoms. The molecule has 2 rings (SSSR count). The molecular weight excluding hydrogens is 272 g/mol. The van der Waals surface area contributed by atoms with Gasteiger partial charge in [0.15, 0.2) is 0 Å². The zero-order chi connectivity index (χ0) is 15.2. The van der Waals surface area contributed by atoms with E-state index in [0.29, 0.717) is 24.6 Å². The monoisotopic (exact) mass is 288 g/mol. The Bertz CT molecular complexity index is 629. The summed E-state index contributed by atoms with van der Waals surface area (Å²) in [5.74, 6) is 0.793. The molecule has 0 aliphatic heterocycles. The maximum atomic E-state index is 11.0. The fourth-order valence-electron chi connectivity index (χ4n) is 1.69. The second-order valence-electron chi connectivity index (χ2n) is 4.35. The van der Waals surface area contributed by atoms with Gasteiger partial charge < -0.3 is 10.6 Å². The lowest BCUT2D eigenvalue weighted by Gasteiger charge is -2.08. The van der Waals surface area contributed by atoms with E-state index in [9.17, 15) is 10.1 Å². The summed E-state index contributed by atoms with van der Waals surface area (Å²) in [4.78, 5) is 23.1. The van der Waals surface area contributed by atoms with Crippen molar-refractivity contribution in [1.29, 1.82) is 0 Å². The maximum absolute atomic E-state index is 11.0. The minimum absolute atomic E-state index is 0.0725. The smallest absolute Gasteiger partial charge is 0.311 e. The van der Waals surface area contributed by atoms with E-state index in [2.05, 4.69) is 25.6 Å². The first kappa shape index (κ1) is 14.6. The third-order valence-corrected chi connectivity index (χ3v) is 2.70. The second-order valence-corrected chi connectivity index (χ2v) is 4.35. The molecule has 0 atom stereocenters. The van der Waals surface area contributed by atoms with E-state index in [1.807, 2.05) is 13.8 Å². The van der Waals surface area contributed by atoms with Gasteiger partial charge in [-0.25, -0.2) is 4.98 Å². The molecule has 2 heterocycles. The minimum atomic E-state index is -0.466. The molecule has 0 aliphatic carbocycles. The lowest BCUT2D eigenvalue weighted by atomic mass is 10.3. The Kier molecular flexibility index (Phi) is 4.60. The van der Waals surface area contributed by atoms with Gasteiger partial charge in [0.05, 0.1) is 29.1 Å². The maximum Gasteiger partial charge on any atom is 0.311 e. The molecule has 0 aromatic carbocycles. The highest BCUT2D eigenvalue weighted by molar-refractivity contribution is 5.60. The Morgan fingerprint density at radius 3 is 2.67 bits per heavy atom. The average Bonchev–Trinajstić information content (AvgIpc) is 2.47. The first-order valence-electron chi connectivity index (χ1n) is 6.51. The van der Waals surface area contributed by atoms with Gasteiger partial charge in [0.2, 0.25) is 5.82 Å². The summed E-state index contributed by atoms with van der Waals surface area (Å²) < 4.78 is 0. The lowest BCUT2D eigenvalue weighted by molar-refractivity contribution is -0.384. The number of anilines is 2. The molecule has 2 aromatic rings. The van der Waals surface area contributed by atoms with E-state index in [0.717, 1.165) is 5.69 Å². The van der Waals surface area contributed by atoms with Crippen LogP contribution in [0.1, 0.15) is 18.3 Å². The molecule has 0 saturated heterocycles. The van der Waals surface area contributed by atoms with Gasteiger partial charge in [0.1, 0.15) is 5.82 Å². The van der Waals surface area contributed by atoms with Crippen LogP contribution < -0.4 is 10.6 Å². The summed E-state index contributed by atoms with van der Waals surface area (Å²) in [6.07, 6.45) is 3.27. The number of aromatic nitrogens is 3. The Labute approximate surface area is 121 Å². The predicted molar refractivity (Wildman–Crippen MR) is 79.2 cm³/mol. The van der Waals surface area contributed by atoms with Crippen LogP contribution in [-0.4, -0.2) is 26.4 Å². The van der Waals surface area contributed by atoms with Crippen LogP contribution in [0.5, 0.6) is 0 Å². The molecular formula is C13H16N6O2. The molecule has 21 heavy (non-hydrogen) atoms. The molecule has 0 saturated carbocycles. The molecule has 0 spiro atoms. The average molecular weight is 288 g/mol. The van der Waals surface area contributed by atoms with E-state index in [1.165, 1.54) is 6.07 Å². The normalized spacial score (nSPS) is 10.2. The molecule has 2 aromatic heterocycles. The van der Waals surface area contributed by atoms with Gasteiger partial charge in [-0.05, 0) is 19.9 Å². The number of pyridine rings is 1. The molecule has 2 N–H and O–H groups in total. The van der Waals surface area contributed by atoms with Crippen LogP contribution in [0.2, 0.25) is 0 Å². The Balaban J connectivity index is 2.18. The van der Waals surface area contributed by atoms with Gasteiger partial charge in [-0.15, -0.1) is 0 Å². The predicted octanol–water partition coefficient (Wildman–Crippen LogP) is 2.13. The quantitative estimate of drug-likeness (QED) is 0.619. The SMILES string of the molecule is CCNc1ccc([N+](=O)[O-])c(NCc2cnc(C)cn2)n1. The molecule has 8 nitrogen and oxygen atoms in total. The van der Waals surface area contributed by atoms with Gasteiger partial charge in [-0.3, -0.25) is 20.1 Å². The number of nitro groups is 1. The number of hydrogen-bond acceptors (Lipinski definition) is 7. The van der Waals surface area contributed by atoms with Crippen molar-refractivity contribution in [2.45, 2.75) is 20.4 Å². The standard InChI is InChI=1S/C13H16N6O2/c1-3-14-12-5-4-11(19(20)21)13(18-12)17-8-10-7-15-9(2)6-16-10/h4-7H,3,8H2,1-2H3,(H2,14,17,18). The van der Waals surface area contributed by atoms with Crippen LogP contribution in [0.3, 0.4) is 0 Å². The van der Waals surface area contributed by atoms with Crippen LogP contribution >= 0.6 is 0 Å². The first-order valence-corrected chi connectivity index (χ1v) is 6.51. The number of nitrogens with zero attached hydrogens (tertiary/aromatic N) is 4. The highest BCUT2D eigenvalue weighted by Crippen LogP contribution is 2.24. The number of rotatable bonds is 6. The van der Waals surface area contributed by atoms with Crippen molar-refractivity contribution in [1.82, 2.24) is 15.0 Å². The van der Waals surface area contributed by atoms with Gasteiger partial charge in [0.25, 0.3) is 0 Å².